The summed E-state index contributed by atoms with van der Waals surface area (Å²) in [6, 6.07) is 3.37. The fourth-order valence-corrected chi connectivity index (χ4v) is 2.94. The lowest BCUT2D eigenvalue weighted by Crippen LogP contribution is -2.21. The molecule has 4 heteroatoms. The van der Waals surface area contributed by atoms with Crippen molar-refractivity contribution in [3.63, 3.8) is 0 Å². The molecule has 1 aromatic carbocycles. The summed E-state index contributed by atoms with van der Waals surface area (Å²) in [5.74, 6) is -0.352. The second kappa shape index (κ2) is 8.06. The molecule has 0 aliphatic heterocycles. The average molecular weight is 306 g/mol. The predicted octanol–water partition coefficient (Wildman–Crippen LogP) is 4.28. The van der Waals surface area contributed by atoms with E-state index in [9.17, 15) is 4.79 Å². The summed E-state index contributed by atoms with van der Waals surface area (Å²) in [5.41, 5.74) is 14.7. The van der Waals surface area contributed by atoms with Gasteiger partial charge >= 0.3 is 5.97 Å². The van der Waals surface area contributed by atoms with Crippen molar-refractivity contribution >= 4 is 17.3 Å². The molecule has 0 fully saturated rings. The van der Waals surface area contributed by atoms with Crippen molar-refractivity contribution in [2.24, 2.45) is 0 Å². The van der Waals surface area contributed by atoms with Crippen LogP contribution in [0.5, 0.6) is 0 Å². The van der Waals surface area contributed by atoms with Gasteiger partial charge in [0.05, 0.1) is 12.2 Å². The maximum atomic E-state index is 12.1. The highest BCUT2D eigenvalue weighted by Crippen LogP contribution is 2.37. The van der Waals surface area contributed by atoms with E-state index >= 15 is 0 Å². The number of benzene rings is 1. The summed E-state index contributed by atoms with van der Waals surface area (Å²) < 4.78 is 5.26. The third kappa shape index (κ3) is 4.65. The lowest BCUT2D eigenvalue weighted by molar-refractivity contribution is 0.0498. The molecule has 4 N–H and O–H groups in total. The van der Waals surface area contributed by atoms with Crippen LogP contribution in [0.3, 0.4) is 0 Å². The van der Waals surface area contributed by atoms with Gasteiger partial charge in [-0.1, -0.05) is 47.0 Å². The molecular formula is C18H30N2O2. The molecule has 0 bridgehead atoms. The number of carbonyl (C=O) groups excluding carboxylic acids is 1. The molecule has 1 rings (SSSR count). The van der Waals surface area contributed by atoms with Crippen molar-refractivity contribution in [2.75, 3.05) is 18.1 Å². The molecule has 0 aromatic heterocycles. The number of carbonyl (C=O) groups is 1. The van der Waals surface area contributed by atoms with Gasteiger partial charge in [0.25, 0.3) is 0 Å². The topological polar surface area (TPSA) is 78.3 Å². The van der Waals surface area contributed by atoms with Crippen LogP contribution in [0.2, 0.25) is 0 Å². The van der Waals surface area contributed by atoms with E-state index in [4.69, 9.17) is 16.2 Å². The molecule has 4 nitrogen and oxygen atoms in total. The summed E-state index contributed by atoms with van der Waals surface area (Å²) in [7, 11) is 0. The Labute approximate surface area is 134 Å². The zero-order chi connectivity index (χ0) is 16.8. The Balaban J connectivity index is 2.92. The number of hydrogen-bond acceptors (Lipinski definition) is 4. The van der Waals surface area contributed by atoms with Crippen molar-refractivity contribution in [3.05, 3.63) is 23.3 Å². The average Bonchev–Trinajstić information content (AvgIpc) is 2.42. The number of ether oxygens (including phenoxy) is 1. The maximum Gasteiger partial charge on any atom is 0.338 e. The number of nitrogen functional groups attached to an aromatic ring is 2. The SMILES string of the molecule is CCCCCOC(=O)c1cc(N)c(C(C)(C)CCC)c(N)c1. The van der Waals surface area contributed by atoms with Gasteiger partial charge in [0, 0.05) is 16.9 Å². The van der Waals surface area contributed by atoms with Crippen LogP contribution in [0.15, 0.2) is 12.1 Å². The van der Waals surface area contributed by atoms with E-state index in [1.165, 1.54) is 0 Å². The van der Waals surface area contributed by atoms with Crippen LogP contribution in [0.1, 0.15) is 75.7 Å². The minimum atomic E-state index is -0.352. The third-order valence-corrected chi connectivity index (χ3v) is 3.97. The van der Waals surface area contributed by atoms with Gasteiger partial charge in [-0.05, 0) is 30.4 Å². The minimum Gasteiger partial charge on any atom is -0.462 e. The minimum absolute atomic E-state index is 0.105. The van der Waals surface area contributed by atoms with Gasteiger partial charge in [-0.25, -0.2) is 4.79 Å². The molecule has 0 heterocycles. The highest BCUT2D eigenvalue weighted by atomic mass is 16.5. The van der Waals surface area contributed by atoms with Gasteiger partial charge in [0.15, 0.2) is 0 Å². The van der Waals surface area contributed by atoms with E-state index in [-0.39, 0.29) is 11.4 Å². The zero-order valence-corrected chi connectivity index (χ0v) is 14.4. The number of esters is 1. The first-order valence-electron chi connectivity index (χ1n) is 8.20. The van der Waals surface area contributed by atoms with Crippen molar-refractivity contribution in [1.82, 2.24) is 0 Å². The Morgan fingerprint density at radius 1 is 1.09 bits per heavy atom. The Morgan fingerprint density at radius 2 is 1.68 bits per heavy atom. The molecule has 0 saturated carbocycles. The van der Waals surface area contributed by atoms with Crippen LogP contribution in [0.25, 0.3) is 0 Å². The summed E-state index contributed by atoms with van der Waals surface area (Å²) in [6.07, 6.45) is 5.07. The summed E-state index contributed by atoms with van der Waals surface area (Å²) in [4.78, 5) is 12.1. The highest BCUT2D eigenvalue weighted by Gasteiger charge is 2.26. The molecule has 0 aliphatic carbocycles. The van der Waals surface area contributed by atoms with Crippen molar-refractivity contribution < 1.29 is 9.53 Å². The molecule has 0 atom stereocenters. The Morgan fingerprint density at radius 3 is 2.18 bits per heavy atom. The van der Waals surface area contributed by atoms with Gasteiger partial charge in [-0.2, -0.15) is 0 Å². The van der Waals surface area contributed by atoms with E-state index in [2.05, 4.69) is 27.7 Å². The second-order valence-electron chi connectivity index (χ2n) is 6.51. The van der Waals surface area contributed by atoms with Crippen molar-refractivity contribution in [3.8, 4) is 0 Å². The van der Waals surface area contributed by atoms with E-state index in [0.29, 0.717) is 23.5 Å². The van der Waals surface area contributed by atoms with Crippen LogP contribution < -0.4 is 11.5 Å². The van der Waals surface area contributed by atoms with E-state index in [0.717, 1.165) is 37.7 Å². The fraction of sp³-hybridized carbons (Fsp3) is 0.611. The Kier molecular flexibility index (Phi) is 6.72. The van der Waals surface area contributed by atoms with Crippen LogP contribution in [0.4, 0.5) is 11.4 Å². The monoisotopic (exact) mass is 306 g/mol. The number of unbranched alkanes of at least 4 members (excludes halogenated alkanes) is 2. The molecular weight excluding hydrogens is 276 g/mol. The molecule has 0 unspecified atom stereocenters. The Hall–Kier alpha value is -1.71. The molecule has 22 heavy (non-hydrogen) atoms. The number of nitrogens with two attached hydrogens (primary N) is 2. The first-order valence-corrected chi connectivity index (χ1v) is 8.20. The molecule has 0 radical (unpaired) electrons. The molecule has 124 valence electrons. The predicted molar refractivity (Wildman–Crippen MR) is 93.0 cm³/mol. The first kappa shape index (κ1) is 18.3. The normalized spacial score (nSPS) is 11.5. The van der Waals surface area contributed by atoms with Gasteiger partial charge in [-0.15, -0.1) is 0 Å². The Bertz CT molecular complexity index is 487. The standard InChI is InChI=1S/C18H30N2O2/c1-5-7-8-10-22-17(21)13-11-14(19)16(15(20)12-13)18(3,4)9-6-2/h11-12H,5-10,19-20H2,1-4H3. The fourth-order valence-electron chi connectivity index (χ4n) is 2.94. The smallest absolute Gasteiger partial charge is 0.338 e. The van der Waals surface area contributed by atoms with E-state index in [1.54, 1.807) is 12.1 Å². The molecule has 0 spiro atoms. The zero-order valence-electron chi connectivity index (χ0n) is 14.4. The van der Waals surface area contributed by atoms with Crippen LogP contribution in [0, 0.1) is 0 Å². The summed E-state index contributed by atoms with van der Waals surface area (Å²) in [6.45, 7) is 8.94. The van der Waals surface area contributed by atoms with Gasteiger partial charge in [-0.3, -0.25) is 0 Å². The highest BCUT2D eigenvalue weighted by molar-refractivity contribution is 5.92. The summed E-state index contributed by atoms with van der Waals surface area (Å²) >= 11 is 0. The number of anilines is 2. The van der Waals surface area contributed by atoms with E-state index < -0.39 is 0 Å². The first-order chi connectivity index (χ1) is 10.3. The third-order valence-electron chi connectivity index (χ3n) is 3.97. The molecule has 1 aromatic rings. The van der Waals surface area contributed by atoms with Crippen LogP contribution in [-0.2, 0) is 10.2 Å². The van der Waals surface area contributed by atoms with Gasteiger partial charge in [0.1, 0.15) is 0 Å². The molecule has 0 amide bonds. The van der Waals surface area contributed by atoms with Crippen molar-refractivity contribution in [2.45, 2.75) is 65.2 Å². The maximum absolute atomic E-state index is 12.1. The second-order valence-corrected chi connectivity index (χ2v) is 6.51. The lowest BCUT2D eigenvalue weighted by atomic mass is 9.78. The van der Waals surface area contributed by atoms with Gasteiger partial charge < -0.3 is 16.2 Å². The molecule has 0 aliphatic rings. The van der Waals surface area contributed by atoms with Gasteiger partial charge in [0.2, 0.25) is 0 Å². The quantitative estimate of drug-likeness (QED) is 0.427. The summed E-state index contributed by atoms with van der Waals surface area (Å²) in [5, 5.41) is 0. The van der Waals surface area contributed by atoms with E-state index in [1.807, 2.05) is 0 Å². The number of rotatable bonds is 8. The lowest BCUT2D eigenvalue weighted by Gasteiger charge is -2.28. The van der Waals surface area contributed by atoms with Crippen molar-refractivity contribution in [1.29, 1.82) is 0 Å². The van der Waals surface area contributed by atoms with Crippen LogP contribution in [-0.4, -0.2) is 12.6 Å². The molecule has 0 saturated heterocycles. The van der Waals surface area contributed by atoms with Crippen LogP contribution >= 0.6 is 0 Å². The largest absolute Gasteiger partial charge is 0.462 e. The number of hydrogen-bond donors (Lipinski definition) is 2.